The van der Waals surface area contributed by atoms with Crippen molar-refractivity contribution in [1.82, 2.24) is 0 Å². The molecule has 0 aliphatic heterocycles. The van der Waals surface area contributed by atoms with Crippen molar-refractivity contribution >= 4 is 26.6 Å². The summed E-state index contributed by atoms with van der Waals surface area (Å²) in [5.41, 5.74) is -0.363. The molecule has 0 amide bonds. The molecule has 0 heterocycles. The number of rotatable bonds is 1. The zero-order chi connectivity index (χ0) is 12.6. The van der Waals surface area contributed by atoms with Crippen LogP contribution in [-0.2, 0) is 10.1 Å². The van der Waals surface area contributed by atoms with E-state index in [2.05, 4.69) is 4.98 Å². The minimum atomic E-state index is -4.71. The van der Waals surface area contributed by atoms with Gasteiger partial charge in [-0.05, 0) is 0 Å². The van der Waals surface area contributed by atoms with E-state index in [0.29, 0.717) is 0 Å². The first-order chi connectivity index (χ1) is 7.95. The summed E-state index contributed by atoms with van der Waals surface area (Å²) in [6, 6.07) is 6.74. The molecule has 2 aromatic rings. The second-order valence-electron chi connectivity index (χ2n) is 3.34. The van der Waals surface area contributed by atoms with E-state index in [1.165, 1.54) is 18.2 Å². The van der Waals surface area contributed by atoms with Gasteiger partial charge in [0, 0.05) is 10.8 Å². The summed E-state index contributed by atoms with van der Waals surface area (Å²) in [7, 11) is -4.71. The average Bonchev–Trinajstić information content (AvgIpc) is 2.28. The third-order valence-electron chi connectivity index (χ3n) is 2.34. The van der Waals surface area contributed by atoms with Crippen molar-refractivity contribution in [3.8, 4) is 5.75 Å². The highest BCUT2D eigenvalue weighted by Crippen LogP contribution is 2.38. The van der Waals surface area contributed by atoms with E-state index in [0.717, 1.165) is 6.07 Å². The Hall–Kier alpha value is -2.17. The summed E-state index contributed by atoms with van der Waals surface area (Å²) in [5, 5.41) is 18.6. The van der Waals surface area contributed by atoms with Crippen molar-refractivity contribution < 1.29 is 18.1 Å². The van der Waals surface area contributed by atoms with E-state index in [1.807, 2.05) is 0 Å². The molecule has 1 N–H and O–H groups in total. The monoisotopic (exact) mass is 250 g/mol. The predicted octanol–water partition coefficient (Wildman–Crippen LogP) is 1.93. The lowest BCUT2D eigenvalue weighted by Gasteiger charge is -2.09. The standard InChI is InChI=1S/C10H6N2O4S/c11-12-8-5-9(17(14,15)16)6-3-1-2-4-7(6)10(8)13/h1-5H,(H-,13,14,15,16). The SMILES string of the molecule is N#[N+]c1cc(S(=O)(=O)[O-])c2ccccc2c1O. The van der Waals surface area contributed by atoms with Gasteiger partial charge in [0.15, 0.2) is 4.98 Å². The van der Waals surface area contributed by atoms with Crippen molar-refractivity contribution in [1.29, 1.82) is 5.39 Å². The van der Waals surface area contributed by atoms with Crippen molar-refractivity contribution in [2.75, 3.05) is 0 Å². The average molecular weight is 250 g/mol. The largest absolute Gasteiger partial charge is 0.744 e. The Balaban J connectivity index is 3.05. The number of benzene rings is 2. The van der Waals surface area contributed by atoms with Crippen LogP contribution in [0.3, 0.4) is 0 Å². The Bertz CT molecular complexity index is 747. The van der Waals surface area contributed by atoms with Crippen LogP contribution in [0.1, 0.15) is 0 Å². The third kappa shape index (κ3) is 1.80. The lowest BCUT2D eigenvalue weighted by atomic mass is 10.1. The second-order valence-corrected chi connectivity index (χ2v) is 4.69. The van der Waals surface area contributed by atoms with Crippen LogP contribution in [0, 0.1) is 5.39 Å². The van der Waals surface area contributed by atoms with Gasteiger partial charge in [0.25, 0.3) is 0 Å². The van der Waals surface area contributed by atoms with Gasteiger partial charge in [-0.3, -0.25) is 0 Å². The van der Waals surface area contributed by atoms with Crippen LogP contribution in [0.2, 0.25) is 0 Å². The third-order valence-corrected chi connectivity index (χ3v) is 3.21. The second kappa shape index (κ2) is 3.69. The molecule has 6 nitrogen and oxygen atoms in total. The number of hydrogen-bond donors (Lipinski definition) is 1. The minimum Gasteiger partial charge on any atom is -0.744 e. The molecular formula is C10H6N2O4S. The lowest BCUT2D eigenvalue weighted by Crippen LogP contribution is -1.99. The number of fused-ring (bicyclic) bond motifs is 1. The summed E-state index contributed by atoms with van der Waals surface area (Å²) in [6.07, 6.45) is 0. The summed E-state index contributed by atoms with van der Waals surface area (Å²) in [5.74, 6) is -0.379. The van der Waals surface area contributed by atoms with Crippen LogP contribution in [0.25, 0.3) is 15.7 Å². The molecule has 0 aromatic heterocycles. The van der Waals surface area contributed by atoms with Gasteiger partial charge in [-0.25, -0.2) is 8.42 Å². The predicted molar refractivity (Wildman–Crippen MR) is 58.3 cm³/mol. The Morgan fingerprint density at radius 3 is 2.35 bits per heavy atom. The van der Waals surface area contributed by atoms with E-state index < -0.39 is 15.0 Å². The van der Waals surface area contributed by atoms with Crippen LogP contribution in [0.4, 0.5) is 5.69 Å². The zero-order valence-corrected chi connectivity index (χ0v) is 9.18. The molecule has 0 saturated heterocycles. The molecule has 2 rings (SSSR count). The molecule has 0 aliphatic carbocycles. The number of phenolic OH excluding ortho intramolecular Hbond substituents is 1. The van der Waals surface area contributed by atoms with E-state index in [1.54, 1.807) is 6.07 Å². The Kier molecular flexibility index (Phi) is 2.46. The normalized spacial score (nSPS) is 11.3. The van der Waals surface area contributed by atoms with Gasteiger partial charge in [0.05, 0.1) is 11.0 Å². The van der Waals surface area contributed by atoms with Crippen molar-refractivity contribution in [2.45, 2.75) is 4.90 Å². The molecule has 17 heavy (non-hydrogen) atoms. The summed E-state index contributed by atoms with van der Waals surface area (Å²) >= 11 is 0. The number of aromatic hydroxyl groups is 1. The molecule has 0 aliphatic rings. The van der Waals surface area contributed by atoms with E-state index in [-0.39, 0.29) is 22.2 Å². The van der Waals surface area contributed by atoms with Gasteiger partial charge in [0.2, 0.25) is 11.1 Å². The van der Waals surface area contributed by atoms with Crippen LogP contribution in [0.5, 0.6) is 5.75 Å². The Morgan fingerprint density at radius 1 is 1.24 bits per heavy atom. The zero-order valence-electron chi connectivity index (χ0n) is 8.36. The van der Waals surface area contributed by atoms with Crippen molar-refractivity contribution in [3.63, 3.8) is 0 Å². The Labute approximate surface area is 96.5 Å². The molecule has 0 saturated carbocycles. The number of nitrogens with zero attached hydrogens (tertiary/aromatic N) is 2. The van der Waals surface area contributed by atoms with Crippen LogP contribution in [-0.4, -0.2) is 18.1 Å². The van der Waals surface area contributed by atoms with Gasteiger partial charge >= 0.3 is 5.69 Å². The first-order valence-electron chi connectivity index (χ1n) is 4.51. The van der Waals surface area contributed by atoms with Crippen molar-refractivity contribution in [3.05, 3.63) is 35.3 Å². The smallest absolute Gasteiger partial charge is 0.428 e. The molecule has 0 fully saturated rings. The fraction of sp³-hybridized carbons (Fsp3) is 0. The molecule has 0 radical (unpaired) electrons. The van der Waals surface area contributed by atoms with E-state index in [4.69, 9.17) is 5.39 Å². The quantitative estimate of drug-likeness (QED) is 0.614. The highest BCUT2D eigenvalue weighted by molar-refractivity contribution is 7.86. The Morgan fingerprint density at radius 2 is 1.82 bits per heavy atom. The molecule has 7 heteroatoms. The lowest BCUT2D eigenvalue weighted by molar-refractivity contribution is 0.463. The van der Waals surface area contributed by atoms with Crippen LogP contribution in [0.15, 0.2) is 35.2 Å². The molecule has 0 atom stereocenters. The highest BCUT2D eigenvalue weighted by atomic mass is 32.2. The molecular weight excluding hydrogens is 244 g/mol. The van der Waals surface area contributed by atoms with E-state index in [9.17, 15) is 18.1 Å². The first kappa shape index (κ1) is 11.3. The van der Waals surface area contributed by atoms with Gasteiger partial charge in [-0.15, -0.1) is 0 Å². The van der Waals surface area contributed by atoms with Crippen LogP contribution < -0.4 is 0 Å². The van der Waals surface area contributed by atoms with Gasteiger partial charge in [-0.1, -0.05) is 24.3 Å². The molecule has 0 unspecified atom stereocenters. The van der Waals surface area contributed by atoms with Crippen molar-refractivity contribution in [2.24, 2.45) is 0 Å². The minimum absolute atomic E-state index is 0.0902. The maximum absolute atomic E-state index is 11.1. The van der Waals surface area contributed by atoms with Gasteiger partial charge in [0.1, 0.15) is 10.1 Å². The maximum Gasteiger partial charge on any atom is 0.428 e. The van der Waals surface area contributed by atoms with Gasteiger partial charge in [-0.2, -0.15) is 0 Å². The fourth-order valence-corrected chi connectivity index (χ4v) is 2.30. The molecule has 2 aromatic carbocycles. The summed E-state index contributed by atoms with van der Waals surface area (Å²) in [6.45, 7) is 0. The van der Waals surface area contributed by atoms with Gasteiger partial charge < -0.3 is 9.66 Å². The molecule has 86 valence electrons. The number of phenols is 1. The number of hydrogen-bond acceptors (Lipinski definition) is 5. The fourth-order valence-electron chi connectivity index (χ4n) is 1.60. The number of diazo groups is 1. The maximum atomic E-state index is 11.1. The van der Waals surface area contributed by atoms with Crippen LogP contribution >= 0.6 is 0 Å². The summed E-state index contributed by atoms with van der Waals surface area (Å²) < 4.78 is 33.2. The summed E-state index contributed by atoms with van der Waals surface area (Å²) in [4.78, 5) is 2.21. The topological polar surface area (TPSA) is 106 Å². The first-order valence-corrected chi connectivity index (χ1v) is 5.91. The molecule has 0 spiro atoms. The molecule has 0 bridgehead atoms. The highest BCUT2D eigenvalue weighted by Gasteiger charge is 2.22. The van der Waals surface area contributed by atoms with E-state index >= 15 is 0 Å².